The lowest BCUT2D eigenvalue weighted by molar-refractivity contribution is 1.18. The van der Waals surface area contributed by atoms with Crippen LogP contribution in [-0.4, -0.2) is 4.57 Å². The van der Waals surface area contributed by atoms with E-state index in [0.717, 1.165) is 28.3 Å². The highest BCUT2D eigenvalue weighted by Crippen LogP contribution is 2.45. The standard InChI is InChI=1S/C68H46N2/c1-4-15-47(16-5-1)48-29-31-49(32-30-48)50-35-40-58(41-36-50)69(59-42-37-51(38-43-59)54-39-44-62-56(45-54)34-33-53-19-10-11-24-61(53)62)60-23-12-20-55(46-60)64-26-14-28-66-68(64)67-63(52-17-6-2-7-18-52)25-13-27-65(67)70(66)57-21-8-3-9-22-57/h1-46H. The number of anilines is 3. The van der Waals surface area contributed by atoms with E-state index in [1.54, 1.807) is 0 Å². The van der Waals surface area contributed by atoms with Crippen LogP contribution in [0.15, 0.2) is 279 Å². The first kappa shape index (κ1) is 41.0. The summed E-state index contributed by atoms with van der Waals surface area (Å²) in [6.45, 7) is 0. The van der Waals surface area contributed by atoms with Crippen LogP contribution < -0.4 is 4.90 Å². The Labute approximate surface area is 408 Å². The fourth-order valence-corrected chi connectivity index (χ4v) is 10.6. The summed E-state index contributed by atoms with van der Waals surface area (Å²) in [6, 6.07) is 102. The summed E-state index contributed by atoms with van der Waals surface area (Å²) in [7, 11) is 0. The first-order valence-corrected chi connectivity index (χ1v) is 24.1. The van der Waals surface area contributed by atoms with Gasteiger partial charge in [0.25, 0.3) is 0 Å². The van der Waals surface area contributed by atoms with Crippen molar-refractivity contribution in [3.05, 3.63) is 279 Å². The number of nitrogens with zero attached hydrogens (tertiary/aromatic N) is 2. The Bertz CT molecular complexity index is 4000. The van der Waals surface area contributed by atoms with Gasteiger partial charge in [-0.15, -0.1) is 0 Å². The van der Waals surface area contributed by atoms with Crippen molar-refractivity contribution < 1.29 is 0 Å². The molecular formula is C68H46N2. The van der Waals surface area contributed by atoms with Crippen molar-refractivity contribution in [3.8, 4) is 61.3 Å². The molecule has 0 bridgehead atoms. The molecule has 0 aliphatic rings. The van der Waals surface area contributed by atoms with Crippen molar-refractivity contribution in [2.45, 2.75) is 0 Å². The zero-order chi connectivity index (χ0) is 46.4. The van der Waals surface area contributed by atoms with E-state index in [-0.39, 0.29) is 0 Å². The summed E-state index contributed by atoms with van der Waals surface area (Å²) < 4.78 is 2.42. The average Bonchev–Trinajstić information content (AvgIpc) is 3.79. The maximum Gasteiger partial charge on any atom is 0.0547 e. The molecule has 0 radical (unpaired) electrons. The molecule has 0 amide bonds. The van der Waals surface area contributed by atoms with Gasteiger partial charge in [0, 0.05) is 33.5 Å². The van der Waals surface area contributed by atoms with E-state index in [2.05, 4.69) is 289 Å². The molecule has 0 fully saturated rings. The second-order valence-electron chi connectivity index (χ2n) is 18.1. The summed E-state index contributed by atoms with van der Waals surface area (Å²) in [5.74, 6) is 0. The third kappa shape index (κ3) is 7.31. The Morgan fingerprint density at radius 2 is 0.686 bits per heavy atom. The van der Waals surface area contributed by atoms with Crippen LogP contribution in [0.4, 0.5) is 17.1 Å². The van der Waals surface area contributed by atoms with Crippen molar-refractivity contribution in [3.63, 3.8) is 0 Å². The minimum absolute atomic E-state index is 1.08. The third-order valence-corrected chi connectivity index (χ3v) is 14.0. The molecule has 12 aromatic carbocycles. The molecule has 0 N–H and O–H groups in total. The normalized spacial score (nSPS) is 11.4. The number of benzene rings is 12. The molecule has 328 valence electrons. The highest BCUT2D eigenvalue weighted by molar-refractivity contribution is 6.21. The van der Waals surface area contributed by atoms with Crippen LogP contribution in [-0.2, 0) is 0 Å². The van der Waals surface area contributed by atoms with Crippen molar-refractivity contribution >= 4 is 60.4 Å². The van der Waals surface area contributed by atoms with Crippen LogP contribution >= 0.6 is 0 Å². The van der Waals surface area contributed by atoms with Gasteiger partial charge in [0.15, 0.2) is 0 Å². The number of aromatic nitrogens is 1. The average molecular weight is 891 g/mol. The molecule has 0 saturated heterocycles. The largest absolute Gasteiger partial charge is 0.310 e. The van der Waals surface area contributed by atoms with E-state index in [9.17, 15) is 0 Å². The lowest BCUT2D eigenvalue weighted by Crippen LogP contribution is -2.10. The molecule has 2 nitrogen and oxygen atoms in total. The van der Waals surface area contributed by atoms with Crippen molar-refractivity contribution in [2.75, 3.05) is 4.90 Å². The first-order chi connectivity index (χ1) is 34.7. The quantitative estimate of drug-likeness (QED) is 0.131. The zero-order valence-electron chi connectivity index (χ0n) is 38.5. The highest BCUT2D eigenvalue weighted by Gasteiger charge is 2.21. The molecule has 0 saturated carbocycles. The zero-order valence-corrected chi connectivity index (χ0v) is 38.5. The molecule has 1 heterocycles. The molecule has 1 aromatic heterocycles. The van der Waals surface area contributed by atoms with Gasteiger partial charge in [0.05, 0.1) is 11.0 Å². The summed E-state index contributed by atoms with van der Waals surface area (Å²) in [5, 5.41) is 7.54. The van der Waals surface area contributed by atoms with Gasteiger partial charge in [-0.1, -0.05) is 212 Å². The van der Waals surface area contributed by atoms with E-state index in [0.29, 0.717) is 0 Å². The minimum atomic E-state index is 1.08. The van der Waals surface area contributed by atoms with Crippen molar-refractivity contribution in [1.82, 2.24) is 4.57 Å². The van der Waals surface area contributed by atoms with Gasteiger partial charge in [-0.3, -0.25) is 0 Å². The smallest absolute Gasteiger partial charge is 0.0547 e. The summed E-state index contributed by atoms with van der Waals surface area (Å²) in [5.41, 5.74) is 18.7. The van der Waals surface area contributed by atoms with Gasteiger partial charge in [0.2, 0.25) is 0 Å². The van der Waals surface area contributed by atoms with Gasteiger partial charge in [-0.2, -0.15) is 0 Å². The lowest BCUT2D eigenvalue weighted by Gasteiger charge is -2.26. The summed E-state index contributed by atoms with van der Waals surface area (Å²) in [4.78, 5) is 2.39. The first-order valence-electron chi connectivity index (χ1n) is 24.1. The second-order valence-corrected chi connectivity index (χ2v) is 18.1. The van der Waals surface area contributed by atoms with E-state index in [4.69, 9.17) is 0 Å². The maximum atomic E-state index is 2.42. The molecule has 0 aliphatic heterocycles. The Morgan fingerprint density at radius 1 is 0.243 bits per heavy atom. The van der Waals surface area contributed by atoms with Crippen LogP contribution in [0.5, 0.6) is 0 Å². The number of rotatable bonds is 9. The SMILES string of the molecule is c1ccc(-c2ccc(-c3ccc(N(c4ccc(-c5ccc6c(ccc7ccccc76)c5)cc4)c4cccc(-c5cccc6c5c5c(-c7ccccc7)cccc5n6-c5ccccc5)c4)cc3)cc2)cc1. The van der Waals surface area contributed by atoms with Gasteiger partial charge >= 0.3 is 0 Å². The monoisotopic (exact) mass is 890 g/mol. The van der Waals surface area contributed by atoms with Gasteiger partial charge in [0.1, 0.15) is 0 Å². The topological polar surface area (TPSA) is 8.17 Å². The van der Waals surface area contributed by atoms with Crippen LogP contribution in [0.3, 0.4) is 0 Å². The molecule has 2 heteroatoms. The van der Waals surface area contributed by atoms with E-state index < -0.39 is 0 Å². The predicted octanol–water partition coefficient (Wildman–Crippen LogP) is 18.9. The second kappa shape index (κ2) is 17.4. The molecule has 0 aliphatic carbocycles. The fourth-order valence-electron chi connectivity index (χ4n) is 10.6. The lowest BCUT2D eigenvalue weighted by atomic mass is 9.94. The Hall–Kier alpha value is -9.24. The van der Waals surface area contributed by atoms with Crippen molar-refractivity contribution in [2.24, 2.45) is 0 Å². The fraction of sp³-hybridized carbons (Fsp3) is 0. The molecule has 13 aromatic rings. The summed E-state index contributed by atoms with van der Waals surface area (Å²) >= 11 is 0. The number of hydrogen-bond acceptors (Lipinski definition) is 1. The van der Waals surface area contributed by atoms with Crippen molar-refractivity contribution in [1.29, 1.82) is 0 Å². The van der Waals surface area contributed by atoms with Gasteiger partial charge in [-0.25, -0.2) is 0 Å². The summed E-state index contributed by atoms with van der Waals surface area (Å²) in [6.07, 6.45) is 0. The molecular weight excluding hydrogens is 845 g/mol. The van der Waals surface area contributed by atoms with Crippen LogP contribution in [0.1, 0.15) is 0 Å². The Morgan fingerprint density at radius 3 is 1.31 bits per heavy atom. The van der Waals surface area contributed by atoms with Crippen LogP contribution in [0.25, 0.3) is 105 Å². The van der Waals surface area contributed by atoms with Gasteiger partial charge in [-0.05, 0) is 144 Å². The Balaban J connectivity index is 0.941. The number of fused-ring (bicyclic) bond motifs is 6. The van der Waals surface area contributed by atoms with E-state index in [1.807, 2.05) is 0 Å². The molecule has 0 atom stereocenters. The van der Waals surface area contributed by atoms with E-state index in [1.165, 1.54) is 93.4 Å². The van der Waals surface area contributed by atoms with E-state index >= 15 is 0 Å². The molecule has 13 rings (SSSR count). The molecule has 70 heavy (non-hydrogen) atoms. The minimum Gasteiger partial charge on any atom is -0.310 e. The molecule has 0 unspecified atom stereocenters. The van der Waals surface area contributed by atoms with Crippen LogP contribution in [0, 0.1) is 0 Å². The Kier molecular flexibility index (Phi) is 10.2. The van der Waals surface area contributed by atoms with Gasteiger partial charge < -0.3 is 9.47 Å². The third-order valence-electron chi connectivity index (χ3n) is 14.0. The maximum absolute atomic E-state index is 2.42. The number of hydrogen-bond donors (Lipinski definition) is 0. The predicted molar refractivity (Wildman–Crippen MR) is 298 cm³/mol. The molecule has 0 spiro atoms. The highest BCUT2D eigenvalue weighted by atomic mass is 15.1. The number of para-hydroxylation sites is 1. The van der Waals surface area contributed by atoms with Crippen LogP contribution in [0.2, 0.25) is 0 Å².